The van der Waals surface area contributed by atoms with E-state index in [9.17, 15) is 18.4 Å². The summed E-state index contributed by atoms with van der Waals surface area (Å²) in [5, 5.41) is 29.1. The first-order valence-corrected chi connectivity index (χ1v) is 26.9. The van der Waals surface area contributed by atoms with Crippen molar-refractivity contribution in [3.63, 3.8) is 0 Å². The molecule has 1 amide bonds. The maximum Gasteiger partial charge on any atom is 0.339 e. The van der Waals surface area contributed by atoms with Gasteiger partial charge in [0.1, 0.15) is 18.6 Å². The Morgan fingerprint density at radius 1 is 0.675 bits per heavy atom. The molecule has 0 aliphatic carbocycles. The van der Waals surface area contributed by atoms with Crippen LogP contribution >= 0.6 is 31.9 Å². The van der Waals surface area contributed by atoms with Crippen molar-refractivity contribution in [3.8, 4) is 45.0 Å². The van der Waals surface area contributed by atoms with Crippen molar-refractivity contribution in [2.24, 2.45) is 35.7 Å². The number of nitrogens with zero attached hydrogens (tertiary/aromatic N) is 9. The number of carbonyl (C=O) groups is 1. The number of anilines is 4. The lowest BCUT2D eigenvalue weighted by atomic mass is 9.97. The summed E-state index contributed by atoms with van der Waals surface area (Å²) in [6, 6.07) is 37.3. The summed E-state index contributed by atoms with van der Waals surface area (Å²) < 4.78 is 28.4. The second-order valence-electron chi connectivity index (χ2n) is 20.1. The molecule has 15 nitrogen and oxygen atoms in total. The van der Waals surface area contributed by atoms with E-state index >= 15 is 0 Å². The van der Waals surface area contributed by atoms with Gasteiger partial charge in [0.2, 0.25) is 17.8 Å². The van der Waals surface area contributed by atoms with E-state index in [1.54, 1.807) is 23.0 Å². The van der Waals surface area contributed by atoms with Crippen LogP contribution in [0, 0.1) is 35.3 Å². The number of aryl methyl sites for hydroxylation is 1. The molecule has 0 aliphatic rings. The molecule has 0 spiro atoms. The third-order valence-corrected chi connectivity index (χ3v) is 12.6. The van der Waals surface area contributed by atoms with Crippen molar-refractivity contribution in [1.82, 2.24) is 36.0 Å². The van der Waals surface area contributed by atoms with Crippen LogP contribution in [0.15, 0.2) is 135 Å². The molecule has 0 unspecified atom stereocenters. The minimum Gasteiger partial charge on any atom is -0.397 e. The van der Waals surface area contributed by atoms with Gasteiger partial charge in [-0.3, -0.25) is 4.79 Å². The highest BCUT2D eigenvalue weighted by atomic mass is 79.9. The molecule has 0 radical (unpaired) electrons. The van der Waals surface area contributed by atoms with E-state index in [4.69, 9.17) is 5.73 Å². The number of halogens is 4. The Kier molecular flexibility index (Phi) is 21.4. The molecule has 8 aromatic rings. The van der Waals surface area contributed by atoms with E-state index in [1.807, 2.05) is 67.7 Å². The van der Waals surface area contributed by atoms with Crippen LogP contribution in [-0.2, 0) is 23.1 Å². The molecule has 0 aliphatic heterocycles. The number of nitrogens with one attached hydrogen (secondary N) is 3. The number of aliphatic imine (C=N–C) groups is 1. The molecule has 6 aromatic carbocycles. The summed E-state index contributed by atoms with van der Waals surface area (Å²) in [5.41, 5.74) is 16.1. The highest BCUT2D eigenvalue weighted by Crippen LogP contribution is 2.38. The molecule has 0 bridgehead atoms. The number of benzene rings is 6. The Morgan fingerprint density at radius 3 is 1.69 bits per heavy atom. The lowest BCUT2D eigenvalue weighted by Gasteiger charge is -2.31. The summed E-state index contributed by atoms with van der Waals surface area (Å²) in [6.45, 7) is 21.3. The van der Waals surface area contributed by atoms with Crippen LogP contribution in [0.2, 0.25) is 0 Å². The normalized spacial score (nSPS) is 11.0. The first-order chi connectivity index (χ1) is 36.8. The zero-order chi connectivity index (χ0) is 55.8. The van der Waals surface area contributed by atoms with Gasteiger partial charge in [-0.2, -0.15) is 10.2 Å². The van der Waals surface area contributed by atoms with Gasteiger partial charge >= 0.3 is 5.82 Å². The predicted molar refractivity (Wildman–Crippen MR) is 310 cm³/mol. The lowest BCUT2D eigenvalue weighted by Crippen LogP contribution is -2.33. The van der Waals surface area contributed by atoms with Crippen LogP contribution < -0.4 is 25.6 Å². The average molecular weight is 1180 g/mol. The van der Waals surface area contributed by atoms with Crippen molar-refractivity contribution in [3.05, 3.63) is 147 Å². The summed E-state index contributed by atoms with van der Waals surface area (Å²) in [5.74, 6) is 1.91. The molecular formula is C58H66Br2F2N13O2+. The minimum absolute atomic E-state index is 0.00296. The number of aromatic amines is 2. The second-order valence-corrected chi connectivity index (χ2v) is 22.0. The molecule has 402 valence electrons. The average Bonchev–Trinajstić information content (AvgIpc) is 4.09. The van der Waals surface area contributed by atoms with Gasteiger partial charge in [0.25, 0.3) is 0 Å². The van der Waals surface area contributed by atoms with Crippen LogP contribution in [0.25, 0.3) is 45.0 Å². The van der Waals surface area contributed by atoms with Crippen LogP contribution in [0.4, 0.5) is 37.2 Å². The number of hydrogen-bond donors (Lipinski definition) is 4. The minimum atomic E-state index is -0.539. The van der Waals surface area contributed by atoms with Crippen molar-refractivity contribution >= 4 is 72.3 Å². The van der Waals surface area contributed by atoms with Gasteiger partial charge in [-0.25, -0.2) is 13.6 Å². The fraction of sp³-hybridized carbons (Fsp3) is 0.310. The standard InChI is InChI=1S/C29H32BrFN6O.C22H30N6.C7H3BrFNO/c1-18(2)16-37(17-19(3)4)27-12-10-20(23-7-5-6-8-24(23)29-33-35-36-34-29)13-26(27)32-28(38)14-21-9-11-22(30)15-25(21)31;1-15(2)13-28(14-16(3)4)21-11-10-17(12-20(21)23)18-8-6-7-9-19(18)22-24-26-27(5)25-22;8-5-1-2-7(10-4-11)6(9)3-5/h5-13,15,18-19H,14,16-17H2,1-4H3,(H,32,38)(H,33,34,35,36);6-12,15-16H,13-14,23H2,1-5H3;1-3H/p+1. The van der Waals surface area contributed by atoms with Crippen molar-refractivity contribution in [1.29, 1.82) is 0 Å². The maximum atomic E-state index is 14.5. The Hall–Kier alpha value is -7.47. The number of tetrazole rings is 2. The van der Waals surface area contributed by atoms with Gasteiger partial charge in [-0.15, -0.1) is 10.2 Å². The van der Waals surface area contributed by atoms with E-state index in [-0.39, 0.29) is 18.0 Å². The SMILES string of the molecule is CC(C)CN(CC(C)C)c1ccc(-c2ccccc2-c2n[nH][n+](C)n2)cc1N.CC(C)CN(CC(C)C)c1ccc(-c2ccccc2-c2nn[nH]n2)cc1NC(=O)Cc1ccc(Br)cc1F.O=C=Nc1ccc(Br)cc1F. The van der Waals surface area contributed by atoms with E-state index < -0.39 is 11.6 Å². The van der Waals surface area contributed by atoms with Gasteiger partial charge in [-0.05, 0) is 128 Å². The summed E-state index contributed by atoms with van der Waals surface area (Å²) >= 11 is 6.34. The fourth-order valence-electron chi connectivity index (χ4n) is 8.60. The van der Waals surface area contributed by atoms with Crippen LogP contribution in [0.5, 0.6) is 0 Å². The maximum absolute atomic E-state index is 14.5. The Labute approximate surface area is 466 Å². The van der Waals surface area contributed by atoms with Crippen LogP contribution in [0.3, 0.4) is 0 Å². The number of carbonyl (C=O) groups excluding carboxylic acids is 2. The summed E-state index contributed by atoms with van der Waals surface area (Å²) in [7, 11) is 1.82. The largest absolute Gasteiger partial charge is 0.397 e. The number of hydrogen-bond acceptors (Lipinski definition) is 11. The second kappa shape index (κ2) is 28.1. The van der Waals surface area contributed by atoms with Gasteiger partial charge in [0.15, 0.2) is 5.82 Å². The number of amides is 1. The van der Waals surface area contributed by atoms with Crippen molar-refractivity contribution in [2.75, 3.05) is 47.0 Å². The van der Waals surface area contributed by atoms with Gasteiger partial charge in [-0.1, -0.05) is 153 Å². The van der Waals surface area contributed by atoms with Gasteiger partial charge in [0.05, 0.1) is 39.8 Å². The lowest BCUT2D eigenvalue weighted by molar-refractivity contribution is -0.783. The number of nitrogens with two attached hydrogens (primary N) is 1. The third-order valence-electron chi connectivity index (χ3n) is 11.6. The molecule has 5 N–H and O–H groups in total. The van der Waals surface area contributed by atoms with Crippen LogP contribution in [-0.4, -0.2) is 74.2 Å². The highest BCUT2D eigenvalue weighted by Gasteiger charge is 2.22. The Morgan fingerprint density at radius 2 is 1.19 bits per heavy atom. The monoisotopic (exact) mass is 1170 g/mol. The van der Waals surface area contributed by atoms with E-state index in [0.717, 1.165) is 76.6 Å². The quantitative estimate of drug-likeness (QED) is 0.0278. The molecule has 0 fully saturated rings. The molecule has 77 heavy (non-hydrogen) atoms. The van der Waals surface area contributed by atoms with Crippen molar-refractivity contribution in [2.45, 2.75) is 61.8 Å². The van der Waals surface area contributed by atoms with E-state index in [1.165, 1.54) is 24.3 Å². The number of rotatable bonds is 18. The molecule has 8 rings (SSSR count). The molecule has 0 atom stereocenters. The molecule has 0 saturated heterocycles. The predicted octanol–water partition coefficient (Wildman–Crippen LogP) is 13.0. The molecule has 2 aromatic heterocycles. The Bertz CT molecular complexity index is 3250. The van der Waals surface area contributed by atoms with E-state index in [2.05, 4.69) is 168 Å². The van der Waals surface area contributed by atoms with Gasteiger partial charge in [0, 0.05) is 40.7 Å². The highest BCUT2D eigenvalue weighted by molar-refractivity contribution is 9.10. The zero-order valence-corrected chi connectivity index (χ0v) is 48.0. The molecular weight excluding hydrogens is 1110 g/mol. The summed E-state index contributed by atoms with van der Waals surface area (Å²) in [6.07, 6.45) is 1.19. The number of isocyanates is 1. The fourth-order valence-corrected chi connectivity index (χ4v) is 9.27. The number of aromatic nitrogens is 8. The Balaban J connectivity index is 0.000000214. The topological polar surface area (TPSA) is 191 Å². The van der Waals surface area contributed by atoms with Gasteiger partial charge < -0.3 is 20.9 Å². The number of H-pyrrole nitrogens is 2. The first kappa shape index (κ1) is 58.8. The molecule has 19 heteroatoms. The van der Waals surface area contributed by atoms with Crippen molar-refractivity contribution < 1.29 is 23.2 Å². The number of nitrogen functional groups attached to an aromatic ring is 1. The third kappa shape index (κ3) is 17.0. The molecule has 0 saturated carbocycles. The summed E-state index contributed by atoms with van der Waals surface area (Å²) in [4.78, 5) is 32.4. The smallest absolute Gasteiger partial charge is 0.339 e. The first-order valence-electron chi connectivity index (χ1n) is 25.3. The van der Waals surface area contributed by atoms with Crippen LogP contribution in [0.1, 0.15) is 61.0 Å². The van der Waals surface area contributed by atoms with E-state index in [0.29, 0.717) is 55.5 Å². The zero-order valence-electron chi connectivity index (χ0n) is 44.8. The molecule has 2 heterocycles.